The molecule has 2 aromatic carbocycles. The van der Waals surface area contributed by atoms with E-state index in [1.54, 1.807) is 0 Å². The Kier molecular flexibility index (Phi) is 3.90. The van der Waals surface area contributed by atoms with Crippen LogP contribution in [-0.4, -0.2) is 39.0 Å². The summed E-state index contributed by atoms with van der Waals surface area (Å²) >= 11 is 5.91. The highest BCUT2D eigenvalue weighted by Gasteiger charge is 2.41. The average Bonchev–Trinajstić information content (AvgIpc) is 2.81. The number of hydroxylamine groups is 2. The molecule has 2 N–H and O–H groups in total. The Morgan fingerprint density at radius 2 is 1.52 bits per heavy atom. The van der Waals surface area contributed by atoms with Gasteiger partial charge < -0.3 is 15.1 Å². The van der Waals surface area contributed by atoms with E-state index in [1.807, 2.05) is 0 Å². The summed E-state index contributed by atoms with van der Waals surface area (Å²) in [6.45, 7) is 0. The summed E-state index contributed by atoms with van der Waals surface area (Å²) in [5.74, 6) is -5.10. The first-order chi connectivity index (χ1) is 11.8. The van der Waals surface area contributed by atoms with E-state index >= 15 is 0 Å². The molecule has 0 spiro atoms. The Morgan fingerprint density at radius 3 is 2.16 bits per heavy atom. The molecule has 2 aromatic rings. The van der Waals surface area contributed by atoms with E-state index in [1.165, 1.54) is 36.4 Å². The second-order valence-corrected chi connectivity index (χ2v) is 5.36. The van der Waals surface area contributed by atoms with Crippen LogP contribution in [0.15, 0.2) is 36.4 Å². The van der Waals surface area contributed by atoms with Gasteiger partial charge in [-0.1, -0.05) is 28.8 Å². The van der Waals surface area contributed by atoms with Crippen LogP contribution in [0.4, 0.5) is 0 Å². The topological polar surface area (TPSA) is 121 Å². The second kappa shape index (κ2) is 5.91. The van der Waals surface area contributed by atoms with Gasteiger partial charge in [0.15, 0.2) is 5.75 Å². The van der Waals surface area contributed by atoms with Crippen molar-refractivity contribution in [3.05, 3.63) is 63.7 Å². The van der Waals surface area contributed by atoms with Crippen LogP contribution in [0.2, 0.25) is 5.02 Å². The number of amides is 2. The smallest absolute Gasteiger partial charge is 0.339 e. The second-order valence-electron chi connectivity index (χ2n) is 4.95. The predicted molar refractivity (Wildman–Crippen MR) is 82.9 cm³/mol. The van der Waals surface area contributed by atoms with E-state index < -0.39 is 29.5 Å². The molecular weight excluding hydrogens is 354 g/mol. The van der Waals surface area contributed by atoms with E-state index in [9.17, 15) is 24.3 Å². The van der Waals surface area contributed by atoms with Crippen molar-refractivity contribution >= 4 is 35.4 Å². The molecule has 8 nitrogen and oxygen atoms in total. The van der Waals surface area contributed by atoms with Crippen LogP contribution in [0, 0.1) is 0 Å². The molecule has 0 saturated carbocycles. The van der Waals surface area contributed by atoms with E-state index in [4.69, 9.17) is 21.5 Å². The largest absolute Gasteiger partial charge is 0.478 e. The number of carboxylic acids is 2. The number of carbonyl (C=O) groups is 4. The van der Waals surface area contributed by atoms with Crippen molar-refractivity contribution in [3.63, 3.8) is 0 Å². The maximum absolute atomic E-state index is 12.5. The number of nitrogens with zero attached hydrogens (tertiary/aromatic N) is 1. The first kappa shape index (κ1) is 16.5. The highest BCUT2D eigenvalue weighted by Crippen LogP contribution is 2.33. The van der Waals surface area contributed by atoms with Crippen LogP contribution in [0.3, 0.4) is 0 Å². The molecule has 0 atom stereocenters. The molecule has 0 bridgehead atoms. The highest BCUT2D eigenvalue weighted by atomic mass is 35.5. The summed E-state index contributed by atoms with van der Waals surface area (Å²) < 4.78 is 0. The van der Waals surface area contributed by atoms with Gasteiger partial charge in [0.1, 0.15) is 5.56 Å². The molecule has 1 aliphatic heterocycles. The lowest BCUT2D eigenvalue weighted by molar-refractivity contribution is -0.0149. The number of carboxylic acid groups (broad SMARTS) is 2. The molecule has 0 aromatic heterocycles. The standard InChI is InChI=1S/C16H8ClNO7/c17-10-6-2-5-9(16(23)24)12(10)25-18-13(19)7-3-1-4-8(15(21)22)11(7)14(18)20/h1-6H,(H,21,22)(H,23,24). The van der Waals surface area contributed by atoms with E-state index in [0.717, 1.165) is 0 Å². The van der Waals surface area contributed by atoms with Crippen molar-refractivity contribution in [2.24, 2.45) is 0 Å². The minimum absolute atomic E-state index is 0.130. The van der Waals surface area contributed by atoms with Crippen LogP contribution in [0.1, 0.15) is 41.4 Å². The van der Waals surface area contributed by atoms with Crippen LogP contribution >= 0.6 is 11.6 Å². The molecule has 1 heterocycles. The maximum Gasteiger partial charge on any atom is 0.339 e. The monoisotopic (exact) mass is 361 g/mol. The van der Waals surface area contributed by atoms with Crippen molar-refractivity contribution in [3.8, 4) is 5.75 Å². The number of imide groups is 1. The Bertz CT molecular complexity index is 953. The van der Waals surface area contributed by atoms with Gasteiger partial charge in [-0.25, -0.2) is 9.59 Å². The molecule has 0 fully saturated rings. The van der Waals surface area contributed by atoms with Crippen molar-refractivity contribution < 1.29 is 34.2 Å². The van der Waals surface area contributed by atoms with Crippen molar-refractivity contribution in [1.82, 2.24) is 5.06 Å². The minimum Gasteiger partial charge on any atom is -0.478 e. The van der Waals surface area contributed by atoms with Gasteiger partial charge in [-0.2, -0.15) is 0 Å². The molecule has 3 rings (SSSR count). The molecule has 9 heteroatoms. The van der Waals surface area contributed by atoms with Crippen molar-refractivity contribution in [2.45, 2.75) is 0 Å². The number of halogens is 1. The van der Waals surface area contributed by atoms with Gasteiger partial charge in [-0.05, 0) is 24.3 Å². The van der Waals surface area contributed by atoms with Gasteiger partial charge in [-0.15, -0.1) is 0 Å². The summed E-state index contributed by atoms with van der Waals surface area (Å²) in [4.78, 5) is 52.5. The molecule has 1 aliphatic rings. The summed E-state index contributed by atoms with van der Waals surface area (Å²) in [7, 11) is 0. The van der Waals surface area contributed by atoms with Crippen LogP contribution in [-0.2, 0) is 0 Å². The number of carbonyl (C=O) groups excluding carboxylic acids is 2. The number of para-hydroxylation sites is 1. The first-order valence-corrected chi connectivity index (χ1v) is 7.15. The molecule has 0 aliphatic carbocycles. The number of hydrogen-bond acceptors (Lipinski definition) is 5. The molecule has 2 amide bonds. The third-order valence-electron chi connectivity index (χ3n) is 3.49. The van der Waals surface area contributed by atoms with Crippen LogP contribution in [0.5, 0.6) is 5.75 Å². The lowest BCUT2D eigenvalue weighted by Crippen LogP contribution is -2.34. The summed E-state index contributed by atoms with van der Waals surface area (Å²) in [6, 6.07) is 7.64. The van der Waals surface area contributed by atoms with Gasteiger partial charge in [0.05, 0.1) is 21.7 Å². The SMILES string of the molecule is O=C(O)c1cccc(Cl)c1ON1C(=O)c2cccc(C(=O)O)c2C1=O. The zero-order valence-corrected chi connectivity index (χ0v) is 13.0. The number of aromatic carboxylic acids is 2. The summed E-state index contributed by atoms with van der Waals surface area (Å²) in [6.07, 6.45) is 0. The lowest BCUT2D eigenvalue weighted by atomic mass is 10.0. The number of fused-ring (bicyclic) bond motifs is 1. The van der Waals surface area contributed by atoms with E-state index in [-0.39, 0.29) is 27.3 Å². The van der Waals surface area contributed by atoms with Crippen LogP contribution < -0.4 is 4.84 Å². The summed E-state index contributed by atoms with van der Waals surface area (Å²) in [5.41, 5.74) is -1.21. The van der Waals surface area contributed by atoms with E-state index in [2.05, 4.69) is 0 Å². The minimum atomic E-state index is -1.39. The lowest BCUT2D eigenvalue weighted by Gasteiger charge is -2.16. The third kappa shape index (κ3) is 2.58. The van der Waals surface area contributed by atoms with Crippen LogP contribution in [0.25, 0.3) is 0 Å². The normalized spacial score (nSPS) is 12.9. The molecule has 0 unspecified atom stereocenters. The first-order valence-electron chi connectivity index (χ1n) is 6.77. The Morgan fingerprint density at radius 1 is 0.920 bits per heavy atom. The molecule has 0 radical (unpaired) electrons. The zero-order chi connectivity index (χ0) is 18.3. The van der Waals surface area contributed by atoms with Crippen molar-refractivity contribution in [2.75, 3.05) is 0 Å². The fourth-order valence-corrected chi connectivity index (χ4v) is 2.60. The molecule has 25 heavy (non-hydrogen) atoms. The van der Waals surface area contributed by atoms with Gasteiger partial charge >= 0.3 is 11.9 Å². The fraction of sp³-hybridized carbons (Fsp3) is 0. The number of benzene rings is 2. The Balaban J connectivity index is 2.07. The maximum atomic E-state index is 12.5. The van der Waals surface area contributed by atoms with Gasteiger partial charge in [0.2, 0.25) is 0 Å². The highest BCUT2D eigenvalue weighted by molar-refractivity contribution is 6.32. The quantitative estimate of drug-likeness (QED) is 0.801. The number of rotatable bonds is 4. The number of hydrogen-bond donors (Lipinski definition) is 2. The zero-order valence-electron chi connectivity index (χ0n) is 12.2. The predicted octanol–water partition coefficient (Wildman–Crippen LogP) is 2.33. The van der Waals surface area contributed by atoms with Gasteiger partial charge in [-0.3, -0.25) is 9.59 Å². The summed E-state index contributed by atoms with van der Waals surface area (Å²) in [5, 5.41) is 18.5. The third-order valence-corrected chi connectivity index (χ3v) is 3.79. The van der Waals surface area contributed by atoms with Gasteiger partial charge in [0, 0.05) is 0 Å². The average molecular weight is 362 g/mol. The van der Waals surface area contributed by atoms with Gasteiger partial charge in [0.25, 0.3) is 11.8 Å². The molecular formula is C16H8ClNO7. The van der Waals surface area contributed by atoms with Crippen molar-refractivity contribution in [1.29, 1.82) is 0 Å². The molecule has 0 saturated heterocycles. The Labute approximate surface area is 144 Å². The fourth-order valence-electron chi connectivity index (χ4n) is 2.39. The molecule has 126 valence electrons. The Hall–Kier alpha value is -3.39. The van der Waals surface area contributed by atoms with E-state index in [0.29, 0.717) is 5.06 Å².